The Bertz CT molecular complexity index is 214. The summed E-state index contributed by atoms with van der Waals surface area (Å²) in [5.41, 5.74) is 0. The summed E-state index contributed by atoms with van der Waals surface area (Å²) in [7, 11) is 2.65. The minimum Gasteiger partial charge on any atom is -0.377 e. The summed E-state index contributed by atoms with van der Waals surface area (Å²) in [6.07, 6.45) is 10.8. The van der Waals surface area contributed by atoms with Crippen LogP contribution >= 0.6 is 0 Å². The Morgan fingerprint density at radius 2 is 1.53 bits per heavy atom. The summed E-state index contributed by atoms with van der Waals surface area (Å²) >= 11 is 0. The summed E-state index contributed by atoms with van der Waals surface area (Å²) in [6, 6.07) is 0.884. The predicted octanol–water partition coefficient (Wildman–Crippen LogP) is 2.39. The highest BCUT2D eigenvalue weighted by atomic mass is 28.4. The van der Waals surface area contributed by atoms with Gasteiger partial charge < -0.3 is 13.3 Å². The van der Waals surface area contributed by atoms with Gasteiger partial charge in [-0.05, 0) is 18.8 Å². The van der Waals surface area contributed by atoms with E-state index < -0.39 is 8.80 Å². The molecule has 0 aromatic rings. The second-order valence-corrected chi connectivity index (χ2v) is 6.71. The quantitative estimate of drug-likeness (QED) is 0.626. The maximum Gasteiger partial charge on any atom is 0.500 e. The zero-order valence-corrected chi connectivity index (χ0v) is 10.7. The molecule has 0 saturated carbocycles. The van der Waals surface area contributed by atoms with E-state index in [1.807, 2.05) is 0 Å². The average Bonchev–Trinajstić information content (AvgIpc) is 2.78. The molecular weight excluding hydrogens is 208 g/mol. The lowest BCUT2D eigenvalue weighted by Gasteiger charge is -2.24. The lowest BCUT2D eigenvalue weighted by atomic mass is 10.1. The van der Waals surface area contributed by atoms with Crippen LogP contribution in [-0.4, -0.2) is 30.1 Å². The molecular formula is C11H20O3Si. The van der Waals surface area contributed by atoms with E-state index in [2.05, 4.69) is 24.3 Å². The smallest absolute Gasteiger partial charge is 0.377 e. The first-order chi connectivity index (χ1) is 7.26. The SMILES string of the molecule is CO[Si](CCCC1C=CC=C1)(OC)OC. The van der Waals surface area contributed by atoms with E-state index in [0.717, 1.165) is 18.9 Å². The Morgan fingerprint density at radius 3 is 2.00 bits per heavy atom. The van der Waals surface area contributed by atoms with E-state index in [4.69, 9.17) is 13.3 Å². The Hall–Kier alpha value is -0.423. The van der Waals surface area contributed by atoms with Crippen molar-refractivity contribution in [3.05, 3.63) is 24.3 Å². The third-order valence-electron chi connectivity index (χ3n) is 2.78. The first-order valence-corrected chi connectivity index (χ1v) is 7.20. The molecule has 3 nitrogen and oxygen atoms in total. The average molecular weight is 228 g/mol. The maximum absolute atomic E-state index is 5.36. The van der Waals surface area contributed by atoms with Crippen LogP contribution in [0.1, 0.15) is 12.8 Å². The largest absolute Gasteiger partial charge is 0.500 e. The Balaban J connectivity index is 2.27. The molecule has 86 valence electrons. The van der Waals surface area contributed by atoms with Gasteiger partial charge in [-0.3, -0.25) is 0 Å². The standard InChI is InChI=1S/C11H20O3Si/c1-12-15(13-2,14-3)10-6-9-11-7-4-5-8-11/h4-5,7-8,11H,6,9-10H2,1-3H3. The summed E-state index contributed by atoms with van der Waals surface area (Å²) in [5.74, 6) is 0.585. The van der Waals surface area contributed by atoms with Gasteiger partial charge in [0, 0.05) is 27.4 Å². The zero-order chi connectivity index (χ0) is 11.1. The van der Waals surface area contributed by atoms with Crippen LogP contribution in [0.3, 0.4) is 0 Å². The molecule has 1 aliphatic carbocycles. The second kappa shape index (κ2) is 6.22. The van der Waals surface area contributed by atoms with Crippen molar-refractivity contribution in [3.63, 3.8) is 0 Å². The van der Waals surface area contributed by atoms with Crippen LogP contribution in [0.5, 0.6) is 0 Å². The van der Waals surface area contributed by atoms with Crippen LogP contribution in [0.15, 0.2) is 24.3 Å². The highest BCUT2D eigenvalue weighted by molar-refractivity contribution is 6.60. The van der Waals surface area contributed by atoms with Crippen LogP contribution < -0.4 is 0 Å². The van der Waals surface area contributed by atoms with Crippen LogP contribution in [0.2, 0.25) is 6.04 Å². The molecule has 0 aliphatic heterocycles. The molecule has 1 rings (SSSR count). The van der Waals surface area contributed by atoms with Gasteiger partial charge in [-0.1, -0.05) is 24.3 Å². The van der Waals surface area contributed by atoms with Gasteiger partial charge in [-0.15, -0.1) is 0 Å². The van der Waals surface area contributed by atoms with Crippen LogP contribution in [0, 0.1) is 5.92 Å². The zero-order valence-electron chi connectivity index (χ0n) is 9.73. The fourth-order valence-corrected chi connectivity index (χ4v) is 3.53. The topological polar surface area (TPSA) is 27.7 Å². The van der Waals surface area contributed by atoms with Crippen molar-refractivity contribution in [2.24, 2.45) is 5.92 Å². The first kappa shape index (κ1) is 12.6. The summed E-state index contributed by atoms with van der Waals surface area (Å²) < 4.78 is 16.1. The third kappa shape index (κ3) is 3.57. The van der Waals surface area contributed by atoms with Gasteiger partial charge in [0.15, 0.2) is 0 Å². The van der Waals surface area contributed by atoms with E-state index in [1.165, 1.54) is 0 Å². The summed E-state index contributed by atoms with van der Waals surface area (Å²) in [5, 5.41) is 0. The molecule has 0 aromatic carbocycles. The monoisotopic (exact) mass is 228 g/mol. The fourth-order valence-electron chi connectivity index (χ4n) is 1.78. The van der Waals surface area contributed by atoms with Crippen molar-refractivity contribution in [1.82, 2.24) is 0 Å². The lowest BCUT2D eigenvalue weighted by molar-refractivity contribution is 0.122. The molecule has 1 aliphatic rings. The minimum atomic E-state index is -2.34. The second-order valence-electron chi connectivity index (χ2n) is 3.62. The fraction of sp³-hybridized carbons (Fsp3) is 0.636. The summed E-state index contributed by atoms with van der Waals surface area (Å²) in [4.78, 5) is 0. The molecule has 4 heteroatoms. The van der Waals surface area contributed by atoms with Crippen molar-refractivity contribution in [1.29, 1.82) is 0 Å². The van der Waals surface area contributed by atoms with Crippen molar-refractivity contribution in [3.8, 4) is 0 Å². The first-order valence-electron chi connectivity index (χ1n) is 5.27. The molecule has 0 spiro atoms. The highest BCUT2D eigenvalue weighted by Crippen LogP contribution is 2.21. The van der Waals surface area contributed by atoms with Gasteiger partial charge in [-0.25, -0.2) is 0 Å². The van der Waals surface area contributed by atoms with Crippen LogP contribution in [0.25, 0.3) is 0 Å². The molecule has 0 bridgehead atoms. The predicted molar refractivity (Wildman–Crippen MR) is 62.6 cm³/mol. The van der Waals surface area contributed by atoms with E-state index in [1.54, 1.807) is 21.3 Å². The van der Waals surface area contributed by atoms with Gasteiger partial charge >= 0.3 is 8.80 Å². The van der Waals surface area contributed by atoms with Gasteiger partial charge in [-0.2, -0.15) is 0 Å². The van der Waals surface area contributed by atoms with Crippen molar-refractivity contribution < 1.29 is 13.3 Å². The van der Waals surface area contributed by atoms with Crippen molar-refractivity contribution >= 4 is 8.80 Å². The van der Waals surface area contributed by atoms with Crippen molar-refractivity contribution in [2.75, 3.05) is 21.3 Å². The highest BCUT2D eigenvalue weighted by Gasteiger charge is 2.36. The van der Waals surface area contributed by atoms with Gasteiger partial charge in [0.2, 0.25) is 0 Å². The molecule has 0 saturated heterocycles. The lowest BCUT2D eigenvalue weighted by Crippen LogP contribution is -2.42. The molecule has 0 atom stereocenters. The van der Waals surface area contributed by atoms with Gasteiger partial charge in [0.05, 0.1) is 0 Å². The molecule has 0 amide bonds. The number of rotatable bonds is 7. The van der Waals surface area contributed by atoms with E-state index in [9.17, 15) is 0 Å². The Kier molecular flexibility index (Phi) is 5.25. The molecule has 0 unspecified atom stereocenters. The van der Waals surface area contributed by atoms with Crippen molar-refractivity contribution in [2.45, 2.75) is 18.9 Å². The van der Waals surface area contributed by atoms with E-state index >= 15 is 0 Å². The Labute approximate surface area is 93.1 Å². The van der Waals surface area contributed by atoms with Gasteiger partial charge in [0.25, 0.3) is 0 Å². The van der Waals surface area contributed by atoms with E-state index in [-0.39, 0.29) is 0 Å². The summed E-state index contributed by atoms with van der Waals surface area (Å²) in [6.45, 7) is 0. The molecule has 0 aromatic heterocycles. The minimum absolute atomic E-state index is 0.585. The number of allylic oxidation sites excluding steroid dienone is 4. The van der Waals surface area contributed by atoms with Crippen LogP contribution in [0.4, 0.5) is 0 Å². The maximum atomic E-state index is 5.36. The van der Waals surface area contributed by atoms with E-state index in [0.29, 0.717) is 5.92 Å². The molecule has 0 fully saturated rings. The normalized spacial score (nSPS) is 16.5. The molecule has 0 N–H and O–H groups in total. The Morgan fingerprint density at radius 1 is 1.00 bits per heavy atom. The van der Waals surface area contributed by atoms with Gasteiger partial charge in [0.1, 0.15) is 0 Å². The molecule has 0 heterocycles. The van der Waals surface area contributed by atoms with Crippen LogP contribution in [-0.2, 0) is 13.3 Å². The molecule has 0 radical (unpaired) electrons. The number of hydrogen-bond acceptors (Lipinski definition) is 3. The third-order valence-corrected chi connectivity index (χ3v) is 5.61. The molecule has 15 heavy (non-hydrogen) atoms. The number of hydrogen-bond donors (Lipinski definition) is 0.